The van der Waals surface area contributed by atoms with E-state index in [0.717, 1.165) is 4.90 Å². The summed E-state index contributed by atoms with van der Waals surface area (Å²) in [6.07, 6.45) is -0.547. The van der Waals surface area contributed by atoms with Crippen molar-refractivity contribution in [3.63, 3.8) is 0 Å². The quantitative estimate of drug-likeness (QED) is 0.470. The average molecular weight is 409 g/mol. The van der Waals surface area contributed by atoms with E-state index in [2.05, 4.69) is 10.2 Å². The van der Waals surface area contributed by atoms with Gasteiger partial charge in [0.15, 0.2) is 6.10 Å². The maximum atomic E-state index is 13.0. The first-order chi connectivity index (χ1) is 14.4. The zero-order valence-corrected chi connectivity index (χ0v) is 15.9. The van der Waals surface area contributed by atoms with E-state index in [1.165, 1.54) is 36.4 Å². The number of carbonyl (C=O) groups excluding carboxylic acids is 3. The minimum atomic E-state index is -0.849. The fraction of sp³-hybridized carbons (Fsp3) is 0.190. The molecule has 1 atom stereocenters. The van der Waals surface area contributed by atoms with Crippen molar-refractivity contribution >= 4 is 23.5 Å². The molecule has 30 heavy (non-hydrogen) atoms. The van der Waals surface area contributed by atoms with E-state index in [-0.39, 0.29) is 47.8 Å². The first kappa shape index (κ1) is 19.4. The van der Waals surface area contributed by atoms with E-state index in [4.69, 9.17) is 9.15 Å². The Labute approximate surface area is 170 Å². The van der Waals surface area contributed by atoms with Crippen LogP contribution in [0.4, 0.5) is 10.1 Å². The largest absolute Gasteiger partial charge is 0.449 e. The van der Waals surface area contributed by atoms with Crippen molar-refractivity contribution in [3.05, 3.63) is 65.8 Å². The molecule has 2 heterocycles. The van der Waals surface area contributed by atoms with Crippen LogP contribution in [0, 0.1) is 5.82 Å². The molecule has 1 aliphatic heterocycles. The van der Waals surface area contributed by atoms with E-state index in [0.29, 0.717) is 11.3 Å². The van der Waals surface area contributed by atoms with Crippen LogP contribution in [-0.4, -0.2) is 28.0 Å². The summed E-state index contributed by atoms with van der Waals surface area (Å²) in [6.45, 7) is 1.57. The van der Waals surface area contributed by atoms with E-state index < -0.39 is 12.1 Å². The molecule has 1 aromatic heterocycles. The number of imide groups is 1. The number of aromatic nitrogens is 2. The number of hydrogen-bond acceptors (Lipinski definition) is 7. The lowest BCUT2D eigenvalue weighted by Gasteiger charge is -2.15. The number of carbonyl (C=O) groups is 3. The highest BCUT2D eigenvalue weighted by Crippen LogP contribution is 2.26. The molecule has 2 amide bonds. The third-order valence-electron chi connectivity index (χ3n) is 4.55. The first-order valence-electron chi connectivity index (χ1n) is 9.18. The van der Waals surface area contributed by atoms with E-state index in [1.807, 2.05) is 0 Å². The van der Waals surface area contributed by atoms with Gasteiger partial charge in [-0.05, 0) is 49.4 Å². The number of ether oxygens (including phenoxy) is 1. The van der Waals surface area contributed by atoms with Gasteiger partial charge in [0.1, 0.15) is 5.82 Å². The summed E-state index contributed by atoms with van der Waals surface area (Å²) in [5, 5.41) is 7.77. The first-order valence-corrected chi connectivity index (χ1v) is 9.18. The summed E-state index contributed by atoms with van der Waals surface area (Å²) in [5.41, 5.74) is 1.02. The monoisotopic (exact) mass is 409 g/mol. The topological polar surface area (TPSA) is 103 Å². The van der Waals surface area contributed by atoms with Crippen molar-refractivity contribution in [1.82, 2.24) is 10.2 Å². The van der Waals surface area contributed by atoms with Gasteiger partial charge in [-0.15, -0.1) is 10.2 Å². The van der Waals surface area contributed by atoms with Crippen LogP contribution in [0.15, 0.2) is 52.9 Å². The molecule has 152 valence electrons. The fourth-order valence-corrected chi connectivity index (χ4v) is 3.02. The molecule has 0 N–H and O–H groups in total. The van der Waals surface area contributed by atoms with Crippen molar-refractivity contribution in [2.24, 2.45) is 0 Å². The average Bonchev–Trinajstić information content (AvgIpc) is 3.35. The summed E-state index contributed by atoms with van der Waals surface area (Å²) in [6, 6.07) is 11.6. The minimum absolute atomic E-state index is 0.0729. The molecule has 2 aromatic carbocycles. The van der Waals surface area contributed by atoms with E-state index in [1.54, 1.807) is 19.1 Å². The van der Waals surface area contributed by atoms with Gasteiger partial charge in [0.05, 0.1) is 11.3 Å². The SMILES string of the molecule is C[C@H](OC(=O)c1cccc(N2C(=O)CCC2=O)c1)c1nnc(-c2ccc(F)cc2)o1. The summed E-state index contributed by atoms with van der Waals surface area (Å²) in [4.78, 5) is 37.4. The number of nitrogens with zero attached hydrogens (tertiary/aromatic N) is 3. The van der Waals surface area contributed by atoms with Crippen molar-refractivity contribution in [2.45, 2.75) is 25.9 Å². The van der Waals surface area contributed by atoms with Gasteiger partial charge in [-0.25, -0.2) is 9.18 Å². The molecule has 4 rings (SSSR count). The molecule has 0 bridgehead atoms. The van der Waals surface area contributed by atoms with E-state index in [9.17, 15) is 18.8 Å². The lowest BCUT2D eigenvalue weighted by atomic mass is 10.2. The summed E-state index contributed by atoms with van der Waals surface area (Å²) in [5.74, 6) is -1.44. The lowest BCUT2D eigenvalue weighted by molar-refractivity contribution is -0.121. The Kier molecular flexibility index (Phi) is 5.09. The Hall–Kier alpha value is -3.88. The fourth-order valence-electron chi connectivity index (χ4n) is 3.02. The third kappa shape index (κ3) is 3.82. The van der Waals surface area contributed by atoms with Gasteiger partial charge in [0.25, 0.3) is 5.89 Å². The Morgan fingerprint density at radius 3 is 2.50 bits per heavy atom. The molecule has 3 aromatic rings. The molecule has 9 heteroatoms. The summed E-state index contributed by atoms with van der Waals surface area (Å²) < 4.78 is 23.9. The van der Waals surface area contributed by atoms with Gasteiger partial charge in [0, 0.05) is 18.4 Å². The van der Waals surface area contributed by atoms with Crippen molar-refractivity contribution < 1.29 is 27.9 Å². The van der Waals surface area contributed by atoms with Crippen LogP contribution in [0.3, 0.4) is 0 Å². The molecule has 8 nitrogen and oxygen atoms in total. The summed E-state index contributed by atoms with van der Waals surface area (Å²) >= 11 is 0. The molecule has 0 radical (unpaired) electrons. The smallest absolute Gasteiger partial charge is 0.338 e. The van der Waals surface area contributed by atoms with E-state index >= 15 is 0 Å². The van der Waals surface area contributed by atoms with Crippen LogP contribution >= 0.6 is 0 Å². The molecule has 0 aliphatic carbocycles. The van der Waals surface area contributed by atoms with Crippen molar-refractivity contribution in [2.75, 3.05) is 4.90 Å². The Balaban J connectivity index is 1.48. The molecular formula is C21H16FN3O5. The Morgan fingerprint density at radius 2 is 1.80 bits per heavy atom. The number of halogens is 1. The van der Waals surface area contributed by atoms with Gasteiger partial charge < -0.3 is 9.15 Å². The van der Waals surface area contributed by atoms with Gasteiger partial charge >= 0.3 is 5.97 Å². The van der Waals surface area contributed by atoms with Crippen LogP contribution in [-0.2, 0) is 14.3 Å². The second-order valence-corrected chi connectivity index (χ2v) is 6.67. The second-order valence-electron chi connectivity index (χ2n) is 6.67. The highest BCUT2D eigenvalue weighted by Gasteiger charge is 2.30. The van der Waals surface area contributed by atoms with Gasteiger partial charge in [-0.1, -0.05) is 6.07 Å². The molecule has 0 spiro atoms. The molecule has 0 saturated carbocycles. The standard InChI is InChI=1S/C21H16FN3O5/c1-12(19-23-24-20(30-19)13-5-7-15(22)8-6-13)29-21(28)14-3-2-4-16(11-14)25-17(26)9-10-18(25)27/h2-8,11-12H,9-10H2,1H3/t12-/m0/s1. The zero-order valence-electron chi connectivity index (χ0n) is 15.9. The molecule has 0 unspecified atom stereocenters. The molecule has 1 fully saturated rings. The Bertz CT molecular complexity index is 1110. The number of anilines is 1. The van der Waals surface area contributed by atoms with Crippen molar-refractivity contribution in [3.8, 4) is 11.5 Å². The number of hydrogen-bond donors (Lipinski definition) is 0. The van der Waals surface area contributed by atoms with Crippen molar-refractivity contribution in [1.29, 1.82) is 0 Å². The maximum Gasteiger partial charge on any atom is 0.338 e. The minimum Gasteiger partial charge on any atom is -0.449 e. The van der Waals surface area contributed by atoms with Crippen LogP contribution < -0.4 is 4.90 Å². The van der Waals surface area contributed by atoms with Crippen LogP contribution in [0.1, 0.15) is 42.1 Å². The molecular weight excluding hydrogens is 393 g/mol. The molecule has 1 aliphatic rings. The number of rotatable bonds is 5. The Morgan fingerprint density at radius 1 is 1.10 bits per heavy atom. The number of amides is 2. The summed E-state index contributed by atoms with van der Waals surface area (Å²) in [7, 11) is 0. The van der Waals surface area contributed by atoms with Crippen LogP contribution in [0.5, 0.6) is 0 Å². The van der Waals surface area contributed by atoms with Crippen LogP contribution in [0.2, 0.25) is 0 Å². The maximum absolute atomic E-state index is 13.0. The lowest BCUT2D eigenvalue weighted by Crippen LogP contribution is -2.28. The second kappa shape index (κ2) is 7.86. The molecule has 1 saturated heterocycles. The van der Waals surface area contributed by atoms with Gasteiger partial charge in [-0.3, -0.25) is 14.5 Å². The van der Waals surface area contributed by atoms with Gasteiger partial charge in [-0.2, -0.15) is 0 Å². The zero-order chi connectivity index (χ0) is 21.3. The highest BCUT2D eigenvalue weighted by molar-refractivity contribution is 6.20. The highest BCUT2D eigenvalue weighted by atomic mass is 19.1. The normalized spacial score (nSPS) is 14.8. The number of esters is 1. The predicted molar refractivity (Wildman–Crippen MR) is 102 cm³/mol. The third-order valence-corrected chi connectivity index (χ3v) is 4.55. The number of benzene rings is 2. The predicted octanol–water partition coefficient (Wildman–Crippen LogP) is 3.45. The van der Waals surface area contributed by atoms with Gasteiger partial charge in [0.2, 0.25) is 17.7 Å². The van der Waals surface area contributed by atoms with Crippen LogP contribution in [0.25, 0.3) is 11.5 Å².